The molecule has 1 amide bonds. The third-order valence-electron chi connectivity index (χ3n) is 4.95. The smallest absolute Gasteiger partial charge is 0.249 e. The van der Waals surface area contributed by atoms with Crippen LogP contribution in [0.2, 0.25) is 5.02 Å². The lowest BCUT2D eigenvalue weighted by molar-refractivity contribution is -0.131. The van der Waals surface area contributed by atoms with Gasteiger partial charge in [0.1, 0.15) is 11.8 Å². The van der Waals surface area contributed by atoms with Gasteiger partial charge in [-0.3, -0.25) is 4.79 Å². The van der Waals surface area contributed by atoms with E-state index >= 15 is 0 Å². The number of amides is 1. The van der Waals surface area contributed by atoms with Crippen molar-refractivity contribution in [3.05, 3.63) is 65.0 Å². The van der Waals surface area contributed by atoms with E-state index in [-0.39, 0.29) is 18.4 Å². The van der Waals surface area contributed by atoms with Gasteiger partial charge in [-0.2, -0.15) is 4.98 Å². The highest BCUT2D eigenvalue weighted by Gasteiger charge is 2.34. The zero-order chi connectivity index (χ0) is 19.5. The lowest BCUT2D eigenvalue weighted by Gasteiger charge is -2.22. The Balaban J connectivity index is 1.51. The van der Waals surface area contributed by atoms with E-state index < -0.39 is 0 Å². The minimum Gasteiger partial charge on any atom is -0.497 e. The molecule has 1 aliphatic heterocycles. The fourth-order valence-corrected chi connectivity index (χ4v) is 3.66. The van der Waals surface area contributed by atoms with Crippen molar-refractivity contribution in [3.63, 3.8) is 0 Å². The van der Waals surface area contributed by atoms with Gasteiger partial charge in [-0.25, -0.2) is 0 Å². The van der Waals surface area contributed by atoms with Crippen LogP contribution in [0.1, 0.15) is 30.3 Å². The van der Waals surface area contributed by atoms with E-state index in [0.717, 1.165) is 29.7 Å². The molecule has 3 aromatic rings. The molecule has 0 saturated carbocycles. The molecule has 0 bridgehead atoms. The molecule has 2 heterocycles. The van der Waals surface area contributed by atoms with Crippen molar-refractivity contribution in [1.29, 1.82) is 0 Å². The predicted molar refractivity (Wildman–Crippen MR) is 105 cm³/mol. The number of carbonyl (C=O) groups excluding carboxylic acids is 1. The average Bonchev–Trinajstić information content (AvgIpc) is 3.39. The highest BCUT2D eigenvalue weighted by atomic mass is 35.5. The lowest BCUT2D eigenvalue weighted by Crippen LogP contribution is -2.32. The second kappa shape index (κ2) is 8.02. The molecule has 0 aliphatic carbocycles. The standard InChI is InChI=1S/C21H20ClN3O3/c1-27-16-10-8-14(9-11-16)20-23-21(28-24-20)18-7-4-12-25(18)19(26)13-15-5-2-3-6-17(15)22/h2-3,5-6,8-11,18H,4,7,12-13H2,1H3/t18-/m0/s1. The summed E-state index contributed by atoms with van der Waals surface area (Å²) in [4.78, 5) is 19.2. The molecule has 0 unspecified atom stereocenters. The van der Waals surface area contributed by atoms with Crippen LogP contribution >= 0.6 is 11.6 Å². The number of halogens is 1. The maximum atomic E-state index is 12.9. The molecule has 1 saturated heterocycles. The summed E-state index contributed by atoms with van der Waals surface area (Å²) in [6, 6.07) is 14.7. The van der Waals surface area contributed by atoms with Crippen molar-refractivity contribution in [3.8, 4) is 17.1 Å². The number of nitrogens with zero attached hydrogens (tertiary/aromatic N) is 3. The number of rotatable bonds is 5. The number of hydrogen-bond donors (Lipinski definition) is 0. The zero-order valence-electron chi connectivity index (χ0n) is 15.5. The van der Waals surface area contributed by atoms with E-state index in [1.54, 1.807) is 13.2 Å². The van der Waals surface area contributed by atoms with Gasteiger partial charge >= 0.3 is 0 Å². The average molecular weight is 398 g/mol. The second-order valence-corrected chi connectivity index (χ2v) is 7.11. The first-order valence-electron chi connectivity index (χ1n) is 9.16. The Morgan fingerprint density at radius 3 is 2.79 bits per heavy atom. The zero-order valence-corrected chi connectivity index (χ0v) is 16.2. The molecular formula is C21H20ClN3O3. The normalized spacial score (nSPS) is 16.4. The van der Waals surface area contributed by atoms with Gasteiger partial charge in [0.15, 0.2) is 0 Å². The predicted octanol–water partition coefficient (Wildman–Crippen LogP) is 4.30. The van der Waals surface area contributed by atoms with Crippen molar-refractivity contribution >= 4 is 17.5 Å². The van der Waals surface area contributed by atoms with Crippen LogP contribution in [0.3, 0.4) is 0 Å². The number of hydrogen-bond acceptors (Lipinski definition) is 5. The molecule has 1 atom stereocenters. The van der Waals surface area contributed by atoms with Crippen LogP contribution in [-0.2, 0) is 11.2 Å². The van der Waals surface area contributed by atoms with Gasteiger partial charge in [0, 0.05) is 17.1 Å². The minimum atomic E-state index is -0.200. The monoisotopic (exact) mass is 397 g/mol. The molecule has 2 aromatic carbocycles. The van der Waals surface area contributed by atoms with Crippen LogP contribution in [0.5, 0.6) is 5.75 Å². The topological polar surface area (TPSA) is 68.5 Å². The first kappa shape index (κ1) is 18.5. The van der Waals surface area contributed by atoms with Crippen LogP contribution in [0.4, 0.5) is 0 Å². The number of benzene rings is 2. The fraction of sp³-hybridized carbons (Fsp3) is 0.286. The number of aromatic nitrogens is 2. The third kappa shape index (κ3) is 3.73. The molecule has 0 N–H and O–H groups in total. The first-order chi connectivity index (χ1) is 13.7. The molecule has 1 fully saturated rings. The molecule has 0 radical (unpaired) electrons. The maximum Gasteiger partial charge on any atom is 0.249 e. The number of ether oxygens (including phenoxy) is 1. The van der Waals surface area contributed by atoms with Crippen molar-refractivity contribution in [2.45, 2.75) is 25.3 Å². The van der Waals surface area contributed by atoms with E-state index in [9.17, 15) is 4.79 Å². The largest absolute Gasteiger partial charge is 0.497 e. The van der Waals surface area contributed by atoms with E-state index in [4.69, 9.17) is 20.9 Å². The molecular weight excluding hydrogens is 378 g/mol. The Morgan fingerprint density at radius 1 is 1.25 bits per heavy atom. The van der Waals surface area contributed by atoms with E-state index in [1.807, 2.05) is 47.4 Å². The number of likely N-dealkylation sites (tertiary alicyclic amines) is 1. The Kier molecular flexibility index (Phi) is 5.30. The van der Waals surface area contributed by atoms with Gasteiger partial charge in [-0.1, -0.05) is 35.0 Å². The molecule has 144 valence electrons. The van der Waals surface area contributed by atoms with Crippen molar-refractivity contribution in [2.24, 2.45) is 0 Å². The Labute approximate surface area is 168 Å². The summed E-state index contributed by atoms with van der Waals surface area (Å²) in [6.07, 6.45) is 1.97. The second-order valence-electron chi connectivity index (χ2n) is 6.70. The van der Waals surface area contributed by atoms with Gasteiger partial charge in [-0.05, 0) is 48.7 Å². The van der Waals surface area contributed by atoms with Crippen LogP contribution in [0, 0.1) is 0 Å². The van der Waals surface area contributed by atoms with E-state index in [2.05, 4.69) is 10.1 Å². The summed E-state index contributed by atoms with van der Waals surface area (Å²) in [5, 5.41) is 4.70. The van der Waals surface area contributed by atoms with Gasteiger partial charge in [0.2, 0.25) is 17.6 Å². The quantitative estimate of drug-likeness (QED) is 0.641. The number of methoxy groups -OCH3 is 1. The highest BCUT2D eigenvalue weighted by Crippen LogP contribution is 2.33. The summed E-state index contributed by atoms with van der Waals surface area (Å²) in [6.45, 7) is 0.675. The molecule has 1 aromatic heterocycles. The van der Waals surface area contributed by atoms with E-state index in [1.165, 1.54) is 0 Å². The number of carbonyl (C=O) groups is 1. The van der Waals surface area contributed by atoms with Crippen LogP contribution in [-0.4, -0.2) is 34.6 Å². The third-order valence-corrected chi connectivity index (χ3v) is 5.32. The Bertz CT molecular complexity index is 971. The lowest BCUT2D eigenvalue weighted by atomic mass is 10.1. The Morgan fingerprint density at radius 2 is 2.04 bits per heavy atom. The van der Waals surface area contributed by atoms with Gasteiger partial charge in [0.05, 0.1) is 13.5 Å². The van der Waals surface area contributed by atoms with E-state index in [0.29, 0.717) is 23.3 Å². The van der Waals surface area contributed by atoms with Crippen molar-refractivity contribution in [2.75, 3.05) is 13.7 Å². The summed E-state index contributed by atoms with van der Waals surface area (Å²) in [5.74, 6) is 1.75. The van der Waals surface area contributed by atoms with Gasteiger partial charge in [0.25, 0.3) is 0 Å². The van der Waals surface area contributed by atoms with Crippen molar-refractivity contribution in [1.82, 2.24) is 15.0 Å². The van der Waals surface area contributed by atoms with Gasteiger partial charge in [-0.15, -0.1) is 0 Å². The Hall–Kier alpha value is -2.86. The summed E-state index contributed by atoms with van der Waals surface area (Å²) >= 11 is 6.20. The fourth-order valence-electron chi connectivity index (χ4n) is 3.46. The molecule has 28 heavy (non-hydrogen) atoms. The summed E-state index contributed by atoms with van der Waals surface area (Å²) in [5.41, 5.74) is 1.66. The molecule has 4 rings (SSSR count). The SMILES string of the molecule is COc1ccc(-c2noc([C@@H]3CCCN3C(=O)Cc3ccccc3Cl)n2)cc1. The molecule has 7 heteroatoms. The highest BCUT2D eigenvalue weighted by molar-refractivity contribution is 6.31. The molecule has 6 nitrogen and oxygen atoms in total. The first-order valence-corrected chi connectivity index (χ1v) is 9.54. The summed E-state index contributed by atoms with van der Waals surface area (Å²) < 4.78 is 10.7. The molecule has 1 aliphatic rings. The van der Waals surface area contributed by atoms with Crippen LogP contribution in [0.15, 0.2) is 53.1 Å². The maximum absolute atomic E-state index is 12.9. The minimum absolute atomic E-state index is 0.0137. The van der Waals surface area contributed by atoms with Crippen LogP contribution < -0.4 is 4.74 Å². The van der Waals surface area contributed by atoms with Crippen LogP contribution in [0.25, 0.3) is 11.4 Å². The van der Waals surface area contributed by atoms with Crippen molar-refractivity contribution < 1.29 is 14.1 Å². The summed E-state index contributed by atoms with van der Waals surface area (Å²) in [7, 11) is 1.62. The van der Waals surface area contributed by atoms with Gasteiger partial charge < -0.3 is 14.2 Å². The molecule has 0 spiro atoms.